The Balaban J connectivity index is 1.74. The first kappa shape index (κ1) is 13.5. The standard InChI is InChI=1S/C17H18N2O2/c1-11-7-8-14(16(9-11)21-2)19-17(20)15-10-12-5-3-4-6-13(12)18-15/h3-9,15,18H,10H2,1-2H3,(H,19,20)/t15-/m0/s1. The van der Waals surface area contributed by atoms with Crippen LogP contribution in [-0.4, -0.2) is 19.1 Å². The monoisotopic (exact) mass is 282 g/mol. The topological polar surface area (TPSA) is 50.4 Å². The lowest BCUT2D eigenvalue weighted by Gasteiger charge is -2.14. The van der Waals surface area contributed by atoms with Gasteiger partial charge < -0.3 is 15.4 Å². The minimum Gasteiger partial charge on any atom is -0.495 e. The van der Waals surface area contributed by atoms with Gasteiger partial charge in [0.25, 0.3) is 0 Å². The summed E-state index contributed by atoms with van der Waals surface area (Å²) in [4.78, 5) is 12.4. The van der Waals surface area contributed by atoms with Gasteiger partial charge in [0, 0.05) is 12.1 Å². The van der Waals surface area contributed by atoms with E-state index >= 15 is 0 Å². The van der Waals surface area contributed by atoms with Crippen molar-refractivity contribution in [1.82, 2.24) is 0 Å². The molecule has 1 heterocycles. The van der Waals surface area contributed by atoms with Crippen LogP contribution in [0.4, 0.5) is 11.4 Å². The SMILES string of the molecule is COc1cc(C)ccc1NC(=O)[C@@H]1Cc2ccccc2N1. The van der Waals surface area contributed by atoms with Crippen LogP contribution in [0.15, 0.2) is 42.5 Å². The zero-order chi connectivity index (χ0) is 14.8. The average molecular weight is 282 g/mol. The number of carbonyl (C=O) groups excluding carboxylic acids is 1. The lowest BCUT2D eigenvalue weighted by Crippen LogP contribution is -2.32. The summed E-state index contributed by atoms with van der Waals surface area (Å²) in [6, 6.07) is 13.5. The number of benzene rings is 2. The number of para-hydroxylation sites is 1. The molecule has 0 unspecified atom stereocenters. The highest BCUT2D eigenvalue weighted by Crippen LogP contribution is 2.28. The Morgan fingerprint density at radius 1 is 1.29 bits per heavy atom. The van der Waals surface area contributed by atoms with Gasteiger partial charge in [-0.3, -0.25) is 4.79 Å². The molecule has 0 saturated carbocycles. The summed E-state index contributed by atoms with van der Waals surface area (Å²) in [5, 5.41) is 6.19. The molecule has 0 radical (unpaired) electrons. The molecule has 2 aromatic rings. The smallest absolute Gasteiger partial charge is 0.247 e. The van der Waals surface area contributed by atoms with Crippen LogP contribution >= 0.6 is 0 Å². The van der Waals surface area contributed by atoms with E-state index in [-0.39, 0.29) is 11.9 Å². The maximum absolute atomic E-state index is 12.4. The van der Waals surface area contributed by atoms with Gasteiger partial charge in [0.05, 0.1) is 12.8 Å². The third-order valence-corrected chi connectivity index (χ3v) is 3.70. The number of fused-ring (bicyclic) bond motifs is 1. The van der Waals surface area contributed by atoms with Crippen molar-refractivity contribution in [3.8, 4) is 5.75 Å². The highest BCUT2D eigenvalue weighted by Gasteiger charge is 2.26. The molecule has 0 bridgehead atoms. The van der Waals surface area contributed by atoms with Gasteiger partial charge in [0.15, 0.2) is 0 Å². The van der Waals surface area contributed by atoms with Crippen LogP contribution in [-0.2, 0) is 11.2 Å². The number of nitrogens with one attached hydrogen (secondary N) is 2. The molecule has 0 fully saturated rings. The van der Waals surface area contributed by atoms with Crippen LogP contribution in [0.25, 0.3) is 0 Å². The number of ether oxygens (including phenoxy) is 1. The van der Waals surface area contributed by atoms with E-state index in [1.165, 1.54) is 5.56 Å². The predicted molar refractivity (Wildman–Crippen MR) is 83.9 cm³/mol. The fraction of sp³-hybridized carbons (Fsp3) is 0.235. The molecule has 1 aliphatic heterocycles. The van der Waals surface area contributed by atoms with Gasteiger partial charge in [-0.25, -0.2) is 0 Å². The van der Waals surface area contributed by atoms with E-state index in [9.17, 15) is 4.79 Å². The molecule has 4 heteroatoms. The second-order valence-corrected chi connectivity index (χ2v) is 5.25. The van der Waals surface area contributed by atoms with Crippen LogP contribution in [0.3, 0.4) is 0 Å². The number of aryl methyl sites for hydroxylation is 1. The van der Waals surface area contributed by atoms with Crippen LogP contribution in [0.5, 0.6) is 5.75 Å². The second-order valence-electron chi connectivity index (χ2n) is 5.25. The van der Waals surface area contributed by atoms with Crippen molar-refractivity contribution in [3.05, 3.63) is 53.6 Å². The van der Waals surface area contributed by atoms with Gasteiger partial charge >= 0.3 is 0 Å². The zero-order valence-electron chi connectivity index (χ0n) is 12.1. The molecule has 1 atom stereocenters. The van der Waals surface area contributed by atoms with Gasteiger partial charge in [-0.05, 0) is 36.2 Å². The second kappa shape index (κ2) is 5.48. The van der Waals surface area contributed by atoms with E-state index in [4.69, 9.17) is 4.74 Å². The molecule has 2 N–H and O–H groups in total. The Labute approximate surface area is 124 Å². The van der Waals surface area contributed by atoms with E-state index in [1.807, 2.05) is 49.4 Å². The summed E-state index contributed by atoms with van der Waals surface area (Å²) in [7, 11) is 1.61. The number of carbonyl (C=O) groups is 1. The highest BCUT2D eigenvalue weighted by molar-refractivity contribution is 5.99. The number of methoxy groups -OCH3 is 1. The normalized spacial score (nSPS) is 16.0. The molecule has 0 saturated heterocycles. The van der Waals surface area contributed by atoms with Crippen molar-refractivity contribution in [2.24, 2.45) is 0 Å². The summed E-state index contributed by atoms with van der Waals surface area (Å²) in [5.41, 5.74) is 4.00. The van der Waals surface area contributed by atoms with Crippen molar-refractivity contribution in [2.75, 3.05) is 17.7 Å². The van der Waals surface area contributed by atoms with E-state index < -0.39 is 0 Å². The van der Waals surface area contributed by atoms with Crippen molar-refractivity contribution in [1.29, 1.82) is 0 Å². The van der Waals surface area contributed by atoms with E-state index in [0.717, 1.165) is 11.3 Å². The molecule has 1 aliphatic rings. The van der Waals surface area contributed by atoms with Gasteiger partial charge in [-0.15, -0.1) is 0 Å². The molecule has 0 spiro atoms. The fourth-order valence-corrected chi connectivity index (χ4v) is 2.58. The van der Waals surface area contributed by atoms with Crippen LogP contribution in [0.2, 0.25) is 0 Å². The van der Waals surface area contributed by atoms with Crippen LogP contribution < -0.4 is 15.4 Å². The minimum absolute atomic E-state index is 0.0478. The summed E-state index contributed by atoms with van der Waals surface area (Å²) >= 11 is 0. The fourth-order valence-electron chi connectivity index (χ4n) is 2.58. The number of anilines is 2. The number of amides is 1. The molecule has 4 nitrogen and oxygen atoms in total. The molecule has 3 rings (SSSR count). The Hall–Kier alpha value is -2.49. The van der Waals surface area contributed by atoms with Gasteiger partial charge in [0.1, 0.15) is 11.8 Å². The first-order valence-corrected chi connectivity index (χ1v) is 6.97. The third kappa shape index (κ3) is 2.70. The molecule has 0 aliphatic carbocycles. The largest absolute Gasteiger partial charge is 0.495 e. The summed E-state index contributed by atoms with van der Waals surface area (Å²) < 4.78 is 5.32. The lowest BCUT2D eigenvalue weighted by atomic mass is 10.1. The van der Waals surface area contributed by atoms with Crippen molar-refractivity contribution < 1.29 is 9.53 Å². The van der Waals surface area contributed by atoms with E-state index in [1.54, 1.807) is 7.11 Å². The number of rotatable bonds is 3. The molecular weight excluding hydrogens is 264 g/mol. The first-order chi connectivity index (χ1) is 10.2. The lowest BCUT2D eigenvalue weighted by molar-refractivity contribution is -0.116. The summed E-state index contributed by atoms with van der Waals surface area (Å²) in [6.07, 6.45) is 0.705. The zero-order valence-corrected chi connectivity index (χ0v) is 12.1. The maximum atomic E-state index is 12.4. The summed E-state index contributed by atoms with van der Waals surface area (Å²) in [5.74, 6) is 0.632. The van der Waals surface area contributed by atoms with Crippen molar-refractivity contribution in [3.63, 3.8) is 0 Å². The Morgan fingerprint density at radius 3 is 2.86 bits per heavy atom. The van der Waals surface area contributed by atoms with Crippen molar-refractivity contribution >= 4 is 17.3 Å². The van der Waals surface area contributed by atoms with Gasteiger partial charge in [-0.1, -0.05) is 24.3 Å². The molecule has 0 aromatic heterocycles. The van der Waals surface area contributed by atoms with E-state index in [0.29, 0.717) is 17.9 Å². The van der Waals surface area contributed by atoms with E-state index in [2.05, 4.69) is 10.6 Å². The Morgan fingerprint density at radius 2 is 2.10 bits per heavy atom. The van der Waals surface area contributed by atoms with Crippen LogP contribution in [0.1, 0.15) is 11.1 Å². The van der Waals surface area contributed by atoms with Crippen molar-refractivity contribution in [2.45, 2.75) is 19.4 Å². The third-order valence-electron chi connectivity index (χ3n) is 3.70. The number of hydrogen-bond donors (Lipinski definition) is 2. The average Bonchev–Trinajstić information content (AvgIpc) is 2.93. The molecule has 1 amide bonds. The molecule has 21 heavy (non-hydrogen) atoms. The summed E-state index contributed by atoms with van der Waals surface area (Å²) in [6.45, 7) is 1.99. The minimum atomic E-state index is -0.242. The maximum Gasteiger partial charge on any atom is 0.247 e. The number of hydrogen-bond acceptors (Lipinski definition) is 3. The predicted octanol–water partition coefficient (Wildman–Crippen LogP) is 2.98. The Bertz CT molecular complexity index is 657. The molecule has 108 valence electrons. The van der Waals surface area contributed by atoms with Crippen LogP contribution in [0, 0.1) is 6.92 Å². The van der Waals surface area contributed by atoms with Gasteiger partial charge in [-0.2, -0.15) is 0 Å². The molecule has 2 aromatic carbocycles. The Kier molecular flexibility index (Phi) is 3.52. The quantitative estimate of drug-likeness (QED) is 0.910. The highest BCUT2D eigenvalue weighted by atomic mass is 16.5. The first-order valence-electron chi connectivity index (χ1n) is 6.97. The molecular formula is C17H18N2O2. The van der Waals surface area contributed by atoms with Gasteiger partial charge in [0.2, 0.25) is 5.91 Å².